The van der Waals surface area contributed by atoms with Gasteiger partial charge >= 0.3 is 0 Å². The molecule has 0 unspecified atom stereocenters. The first-order chi connectivity index (χ1) is 18.4. The molecular formula is C23H26N8O5S2. The average Bonchev–Trinajstić information content (AvgIpc) is 3.72. The molecule has 0 spiro atoms. The van der Waals surface area contributed by atoms with E-state index in [1.165, 1.54) is 47.7 Å². The van der Waals surface area contributed by atoms with Crippen LogP contribution < -0.4 is 10.2 Å². The highest BCUT2D eigenvalue weighted by atomic mass is 32.2. The van der Waals surface area contributed by atoms with Crippen molar-refractivity contribution in [2.75, 3.05) is 49.5 Å². The molecule has 6 heterocycles. The fraction of sp³-hybridized carbons (Fsp3) is 0.391. The third-order valence-corrected chi connectivity index (χ3v) is 8.29. The first-order valence-electron chi connectivity index (χ1n) is 12.1. The fourth-order valence-corrected chi connectivity index (χ4v) is 5.89. The first-order valence-corrected chi connectivity index (χ1v) is 14.8. The molecule has 4 aromatic rings. The van der Waals surface area contributed by atoms with Crippen LogP contribution in [0.25, 0.3) is 16.8 Å². The van der Waals surface area contributed by atoms with Crippen molar-refractivity contribution in [1.82, 2.24) is 28.6 Å². The zero-order valence-electron chi connectivity index (χ0n) is 20.6. The maximum atomic E-state index is 13.0. The minimum Gasteiger partial charge on any atom is -0.359 e. The fourth-order valence-electron chi connectivity index (χ4n) is 4.58. The van der Waals surface area contributed by atoms with Gasteiger partial charge in [0.1, 0.15) is 17.9 Å². The average molecular weight is 559 g/mol. The van der Waals surface area contributed by atoms with Gasteiger partial charge in [0.2, 0.25) is 10.0 Å². The van der Waals surface area contributed by atoms with E-state index in [0.29, 0.717) is 11.7 Å². The SMILES string of the molecule is CS(=O)(=O)n1ccc(C(=O)N2OCOC[C@@H]2CNc2nc(-c3cc4c(N5CCCC5)ncnn4c3)cs2)c1. The van der Waals surface area contributed by atoms with Crippen LogP contribution >= 0.6 is 11.3 Å². The Morgan fingerprint density at radius 1 is 1.26 bits per heavy atom. The largest absolute Gasteiger partial charge is 0.359 e. The van der Waals surface area contributed by atoms with E-state index in [1.54, 1.807) is 6.33 Å². The Hall–Kier alpha value is -3.53. The van der Waals surface area contributed by atoms with Crippen LogP contribution in [0.3, 0.4) is 0 Å². The molecule has 0 aliphatic carbocycles. The molecule has 0 aromatic carbocycles. The van der Waals surface area contributed by atoms with Gasteiger partial charge in [-0.1, -0.05) is 0 Å². The van der Waals surface area contributed by atoms with Crippen LogP contribution in [0.2, 0.25) is 0 Å². The molecule has 2 saturated heterocycles. The molecule has 200 valence electrons. The molecule has 1 N–H and O–H groups in total. The summed E-state index contributed by atoms with van der Waals surface area (Å²) in [5.74, 6) is 0.490. The molecule has 2 aliphatic heterocycles. The van der Waals surface area contributed by atoms with Gasteiger partial charge in [0.25, 0.3) is 5.91 Å². The highest BCUT2D eigenvalue weighted by Crippen LogP contribution is 2.30. The maximum absolute atomic E-state index is 13.0. The number of hydrogen-bond donors (Lipinski definition) is 1. The normalized spacial score (nSPS) is 18.4. The number of hydroxylamine groups is 2. The standard InChI is InChI=1S/C23H26N8O5S2/c1-38(33,34)29-7-4-16(10-29)22(32)31-18(12-35-15-36-31)9-24-23-27-19(13-37-23)17-8-20-21(28-5-2-3-6-28)25-14-26-30(20)11-17/h4,7-8,10-11,13-14,18H,2-3,5-6,9,12,15H2,1H3,(H,24,27)/t18-/m0/s1. The van der Waals surface area contributed by atoms with Gasteiger partial charge in [-0.05, 0) is 25.0 Å². The number of carbonyl (C=O) groups is 1. The first kappa shape index (κ1) is 24.8. The Morgan fingerprint density at radius 3 is 2.89 bits per heavy atom. The number of rotatable bonds is 7. The van der Waals surface area contributed by atoms with E-state index in [4.69, 9.17) is 14.6 Å². The molecule has 1 atom stereocenters. The lowest BCUT2D eigenvalue weighted by atomic mass is 10.2. The summed E-state index contributed by atoms with van der Waals surface area (Å²) < 4.78 is 31.8. The summed E-state index contributed by atoms with van der Waals surface area (Å²) in [6.45, 7) is 2.51. The molecule has 13 nitrogen and oxygen atoms in total. The molecule has 6 rings (SSSR count). The van der Waals surface area contributed by atoms with Crippen molar-refractivity contribution in [3.8, 4) is 11.3 Å². The summed E-state index contributed by atoms with van der Waals surface area (Å²) in [6.07, 6.45) is 9.53. The van der Waals surface area contributed by atoms with Gasteiger partial charge in [-0.15, -0.1) is 11.3 Å². The molecule has 4 aromatic heterocycles. The lowest BCUT2D eigenvalue weighted by molar-refractivity contribution is -0.260. The predicted octanol–water partition coefficient (Wildman–Crippen LogP) is 1.90. The van der Waals surface area contributed by atoms with Crippen molar-refractivity contribution in [3.63, 3.8) is 0 Å². The van der Waals surface area contributed by atoms with Crippen molar-refractivity contribution in [1.29, 1.82) is 0 Å². The molecule has 15 heteroatoms. The molecule has 0 bridgehead atoms. The monoisotopic (exact) mass is 558 g/mol. The Kier molecular flexibility index (Phi) is 6.51. The molecule has 2 fully saturated rings. The molecule has 0 saturated carbocycles. The van der Waals surface area contributed by atoms with Crippen LogP contribution in [0.5, 0.6) is 0 Å². The summed E-state index contributed by atoms with van der Waals surface area (Å²) in [6, 6.07) is 3.06. The van der Waals surface area contributed by atoms with Gasteiger partial charge in [-0.25, -0.2) is 32.8 Å². The number of nitrogens with one attached hydrogen (secondary N) is 1. The third kappa shape index (κ3) is 4.84. The Balaban J connectivity index is 1.15. The van der Waals surface area contributed by atoms with E-state index < -0.39 is 22.0 Å². The molecule has 0 radical (unpaired) electrons. The van der Waals surface area contributed by atoms with Crippen LogP contribution in [0, 0.1) is 0 Å². The van der Waals surface area contributed by atoms with E-state index in [9.17, 15) is 13.2 Å². The highest BCUT2D eigenvalue weighted by molar-refractivity contribution is 7.89. The Bertz CT molecular complexity index is 1570. The number of amides is 1. The molecule has 2 aliphatic rings. The van der Waals surface area contributed by atoms with Gasteiger partial charge in [0.15, 0.2) is 17.7 Å². The van der Waals surface area contributed by atoms with Crippen LogP contribution in [0.4, 0.5) is 10.9 Å². The predicted molar refractivity (Wildman–Crippen MR) is 141 cm³/mol. The van der Waals surface area contributed by atoms with Gasteiger partial charge in [0, 0.05) is 49.2 Å². The van der Waals surface area contributed by atoms with Crippen molar-refractivity contribution in [3.05, 3.63) is 48.0 Å². The van der Waals surface area contributed by atoms with Crippen LogP contribution in [-0.2, 0) is 19.6 Å². The van der Waals surface area contributed by atoms with Gasteiger partial charge < -0.3 is 15.0 Å². The summed E-state index contributed by atoms with van der Waals surface area (Å²) in [7, 11) is -3.49. The third-order valence-electron chi connectivity index (χ3n) is 6.49. The second kappa shape index (κ2) is 9.98. The Morgan fingerprint density at radius 2 is 2.11 bits per heavy atom. The second-order valence-corrected chi connectivity index (χ2v) is 11.9. The van der Waals surface area contributed by atoms with Crippen molar-refractivity contribution in [2.45, 2.75) is 18.9 Å². The number of carbonyl (C=O) groups excluding carboxylic acids is 1. The van der Waals surface area contributed by atoms with Gasteiger partial charge in [-0.2, -0.15) is 5.10 Å². The molecular weight excluding hydrogens is 532 g/mol. The lowest BCUT2D eigenvalue weighted by Gasteiger charge is -2.34. The minimum absolute atomic E-state index is 0.0685. The van der Waals surface area contributed by atoms with Crippen molar-refractivity contribution in [2.24, 2.45) is 0 Å². The van der Waals surface area contributed by atoms with Gasteiger partial charge in [-0.3, -0.25) is 8.77 Å². The summed E-state index contributed by atoms with van der Waals surface area (Å²) in [5.41, 5.74) is 2.90. The number of nitrogens with zero attached hydrogens (tertiary/aromatic N) is 7. The van der Waals surface area contributed by atoms with Crippen LogP contribution in [0.15, 0.2) is 42.4 Å². The van der Waals surface area contributed by atoms with E-state index in [1.807, 2.05) is 16.1 Å². The number of anilines is 2. The quantitative estimate of drug-likeness (QED) is 0.358. The smallest absolute Gasteiger partial charge is 0.279 e. The number of aromatic nitrogens is 5. The van der Waals surface area contributed by atoms with E-state index in [-0.39, 0.29) is 19.0 Å². The second-order valence-electron chi connectivity index (χ2n) is 9.15. The summed E-state index contributed by atoms with van der Waals surface area (Å²) in [4.78, 5) is 30.0. The van der Waals surface area contributed by atoms with Gasteiger partial charge in [0.05, 0.1) is 24.1 Å². The summed E-state index contributed by atoms with van der Waals surface area (Å²) in [5, 5.41) is 11.5. The topological polar surface area (TPSA) is 136 Å². The number of fused-ring (bicyclic) bond motifs is 1. The molecule has 1 amide bonds. The zero-order valence-corrected chi connectivity index (χ0v) is 22.2. The summed E-state index contributed by atoms with van der Waals surface area (Å²) >= 11 is 1.45. The lowest BCUT2D eigenvalue weighted by Crippen LogP contribution is -2.50. The van der Waals surface area contributed by atoms with Crippen LogP contribution in [-0.4, -0.2) is 88.3 Å². The van der Waals surface area contributed by atoms with Crippen LogP contribution in [0.1, 0.15) is 23.2 Å². The zero-order chi connectivity index (χ0) is 26.3. The number of thiazole rings is 1. The van der Waals surface area contributed by atoms with E-state index in [2.05, 4.69) is 26.4 Å². The maximum Gasteiger partial charge on any atom is 0.279 e. The number of ether oxygens (including phenoxy) is 1. The molecule has 38 heavy (non-hydrogen) atoms. The highest BCUT2D eigenvalue weighted by Gasteiger charge is 2.31. The van der Waals surface area contributed by atoms with E-state index in [0.717, 1.165) is 45.9 Å². The Labute approximate surface area is 222 Å². The van der Waals surface area contributed by atoms with Crippen molar-refractivity contribution >= 4 is 43.7 Å². The van der Waals surface area contributed by atoms with Crippen molar-refractivity contribution < 1.29 is 22.8 Å². The minimum atomic E-state index is -3.49. The van der Waals surface area contributed by atoms with E-state index >= 15 is 0 Å². The number of hydrogen-bond acceptors (Lipinski definition) is 11.